The van der Waals surface area contributed by atoms with Gasteiger partial charge < -0.3 is 0 Å². The van der Waals surface area contributed by atoms with E-state index in [0.29, 0.717) is 12.2 Å². The summed E-state index contributed by atoms with van der Waals surface area (Å²) >= 11 is 0. The molecule has 0 aromatic heterocycles. The Morgan fingerprint density at radius 2 is 1.62 bits per heavy atom. The highest BCUT2D eigenvalue weighted by atomic mass is 16.1. The second-order valence-corrected chi connectivity index (χ2v) is 6.41. The molecule has 0 saturated heterocycles. The fourth-order valence-corrected chi connectivity index (χ4v) is 3.75. The molecule has 2 aromatic rings. The minimum absolute atomic E-state index is 0.0694. The van der Waals surface area contributed by atoms with Crippen LogP contribution < -0.4 is 0 Å². The first-order chi connectivity index (χ1) is 11.7. The smallest absolute Gasteiger partial charge is 0.140 e. The maximum atomic E-state index is 12.7. The van der Waals surface area contributed by atoms with Gasteiger partial charge in [-0.15, -0.1) is 0 Å². The van der Waals surface area contributed by atoms with Crippen LogP contribution >= 0.6 is 0 Å². The van der Waals surface area contributed by atoms with Gasteiger partial charge in [-0.3, -0.25) is 4.79 Å². The molecule has 0 spiro atoms. The van der Waals surface area contributed by atoms with Gasteiger partial charge in [-0.2, -0.15) is 0 Å². The Hall–Kier alpha value is -2.41. The van der Waals surface area contributed by atoms with Crippen LogP contribution in [0.25, 0.3) is 11.1 Å². The van der Waals surface area contributed by atoms with Crippen LogP contribution in [0.4, 0.5) is 0 Å². The lowest BCUT2D eigenvalue weighted by atomic mass is 9.78. The van der Waals surface area contributed by atoms with Crippen LogP contribution in [0.15, 0.2) is 73.3 Å². The third-order valence-electron chi connectivity index (χ3n) is 4.91. The minimum atomic E-state index is -0.0694. The fourth-order valence-electron chi connectivity index (χ4n) is 3.75. The molecule has 0 amide bonds. The highest BCUT2D eigenvalue weighted by molar-refractivity contribution is 5.97. The second-order valence-electron chi connectivity index (χ2n) is 6.41. The van der Waals surface area contributed by atoms with E-state index in [4.69, 9.17) is 0 Å². The third-order valence-corrected chi connectivity index (χ3v) is 4.91. The first-order valence-corrected chi connectivity index (χ1v) is 8.74. The Kier molecular flexibility index (Phi) is 5.10. The van der Waals surface area contributed by atoms with Gasteiger partial charge in [0.2, 0.25) is 0 Å². The molecule has 1 nitrogen and oxygen atoms in total. The first-order valence-electron chi connectivity index (χ1n) is 8.74. The van der Waals surface area contributed by atoms with Crippen molar-refractivity contribution in [1.82, 2.24) is 0 Å². The quantitative estimate of drug-likeness (QED) is 0.682. The summed E-state index contributed by atoms with van der Waals surface area (Å²) in [7, 11) is 0. The number of hydrogen-bond donors (Lipinski definition) is 0. The fraction of sp³-hybridized carbons (Fsp3) is 0.261. The summed E-state index contributed by atoms with van der Waals surface area (Å²) < 4.78 is 0. The lowest BCUT2D eigenvalue weighted by Gasteiger charge is -2.24. The minimum Gasteiger partial charge on any atom is -0.299 e. The van der Waals surface area contributed by atoms with Gasteiger partial charge in [0.05, 0.1) is 0 Å². The highest BCUT2D eigenvalue weighted by Gasteiger charge is 2.39. The maximum absolute atomic E-state index is 12.7. The second kappa shape index (κ2) is 7.44. The van der Waals surface area contributed by atoms with Gasteiger partial charge >= 0.3 is 0 Å². The molecule has 1 aliphatic rings. The van der Waals surface area contributed by atoms with Crippen molar-refractivity contribution >= 4 is 16.9 Å². The number of allylic oxidation sites excluding steroid dienone is 3. The van der Waals surface area contributed by atoms with Crippen molar-refractivity contribution in [2.75, 3.05) is 0 Å². The van der Waals surface area contributed by atoms with E-state index in [2.05, 4.69) is 43.8 Å². The van der Waals surface area contributed by atoms with E-state index in [9.17, 15) is 4.79 Å². The molecule has 3 rings (SSSR count). The zero-order chi connectivity index (χ0) is 16.9. The van der Waals surface area contributed by atoms with E-state index >= 15 is 0 Å². The molecule has 24 heavy (non-hydrogen) atoms. The predicted octanol–water partition coefficient (Wildman–Crippen LogP) is 5.79. The molecular weight excluding hydrogens is 292 g/mol. The summed E-state index contributed by atoms with van der Waals surface area (Å²) in [6, 6.07) is 20.6. The Morgan fingerprint density at radius 1 is 1.04 bits per heavy atom. The number of rotatable bonds is 5. The van der Waals surface area contributed by atoms with Gasteiger partial charge in [0.1, 0.15) is 5.78 Å². The Morgan fingerprint density at radius 3 is 2.21 bits per heavy atom. The van der Waals surface area contributed by atoms with E-state index in [-0.39, 0.29) is 11.8 Å². The topological polar surface area (TPSA) is 17.1 Å². The van der Waals surface area contributed by atoms with Crippen molar-refractivity contribution in [3.63, 3.8) is 0 Å². The average molecular weight is 316 g/mol. The number of ketones is 1. The van der Waals surface area contributed by atoms with Crippen LogP contribution in [0.1, 0.15) is 37.3 Å². The molecule has 1 fully saturated rings. The van der Waals surface area contributed by atoms with Crippen molar-refractivity contribution in [2.45, 2.75) is 26.2 Å². The third kappa shape index (κ3) is 3.26. The zero-order valence-corrected chi connectivity index (χ0v) is 14.2. The molecule has 0 aliphatic heterocycles. The summed E-state index contributed by atoms with van der Waals surface area (Å²) in [4.78, 5) is 12.7. The number of hydrogen-bond acceptors (Lipinski definition) is 1. The van der Waals surface area contributed by atoms with Gasteiger partial charge in [-0.1, -0.05) is 80.2 Å². The molecule has 2 aromatic carbocycles. The Bertz CT molecular complexity index is 740. The number of Topliss-reactive ketones (excluding diaryl/α,β-unsaturated/α-hetero) is 1. The molecule has 0 heterocycles. The van der Waals surface area contributed by atoms with E-state index < -0.39 is 0 Å². The largest absolute Gasteiger partial charge is 0.299 e. The van der Waals surface area contributed by atoms with E-state index in [1.807, 2.05) is 36.4 Å². The molecular formula is C23H24O. The van der Waals surface area contributed by atoms with Crippen molar-refractivity contribution in [3.8, 4) is 0 Å². The van der Waals surface area contributed by atoms with Crippen molar-refractivity contribution in [3.05, 3.63) is 84.4 Å². The first kappa shape index (κ1) is 16.4. The van der Waals surface area contributed by atoms with Crippen LogP contribution in [0.5, 0.6) is 0 Å². The summed E-state index contributed by atoms with van der Waals surface area (Å²) in [6.07, 6.45) is 4.69. The summed E-state index contributed by atoms with van der Waals surface area (Å²) in [5.74, 6) is 0.471. The Labute approximate surface area is 144 Å². The van der Waals surface area contributed by atoms with Crippen LogP contribution in [0.3, 0.4) is 0 Å². The van der Waals surface area contributed by atoms with Gasteiger partial charge in [0.15, 0.2) is 0 Å². The molecule has 0 bridgehead atoms. The molecule has 2 atom stereocenters. The van der Waals surface area contributed by atoms with Gasteiger partial charge in [0, 0.05) is 12.3 Å². The van der Waals surface area contributed by atoms with Crippen LogP contribution in [-0.4, -0.2) is 5.78 Å². The summed E-state index contributed by atoms with van der Waals surface area (Å²) in [6.45, 7) is 6.48. The summed E-state index contributed by atoms with van der Waals surface area (Å²) in [5, 5.41) is 0. The van der Waals surface area contributed by atoms with E-state index in [0.717, 1.165) is 29.5 Å². The Balaban J connectivity index is 1.98. The monoisotopic (exact) mass is 316 g/mol. The van der Waals surface area contributed by atoms with Gasteiger partial charge in [-0.05, 0) is 41.0 Å². The molecule has 122 valence electrons. The highest BCUT2D eigenvalue weighted by Crippen LogP contribution is 2.44. The van der Waals surface area contributed by atoms with Crippen LogP contribution in [0, 0.1) is 11.8 Å². The van der Waals surface area contributed by atoms with Gasteiger partial charge in [0.25, 0.3) is 0 Å². The lowest BCUT2D eigenvalue weighted by molar-refractivity contribution is -0.119. The van der Waals surface area contributed by atoms with Crippen LogP contribution in [0.2, 0.25) is 0 Å². The molecule has 1 aliphatic carbocycles. The average Bonchev–Trinajstić information content (AvgIpc) is 3.02. The predicted molar refractivity (Wildman–Crippen MR) is 101 cm³/mol. The number of benzene rings is 2. The maximum Gasteiger partial charge on any atom is 0.140 e. The molecule has 0 unspecified atom stereocenters. The summed E-state index contributed by atoms with van der Waals surface area (Å²) in [5.41, 5.74) is 4.56. The van der Waals surface area contributed by atoms with Crippen molar-refractivity contribution in [2.24, 2.45) is 11.8 Å². The number of carbonyl (C=O) groups excluding carboxylic acids is 1. The normalized spacial score (nSPS) is 21.0. The van der Waals surface area contributed by atoms with E-state index in [1.165, 1.54) is 5.57 Å². The zero-order valence-electron chi connectivity index (χ0n) is 14.2. The SMILES string of the molecule is C=C(c1ccccc1)[C@H]1CCC(=O)[C@@H]1/C(=C\CC)c1ccccc1. The van der Waals surface area contributed by atoms with E-state index in [1.54, 1.807) is 0 Å². The molecule has 1 saturated carbocycles. The lowest BCUT2D eigenvalue weighted by Crippen LogP contribution is -2.18. The molecule has 0 N–H and O–H groups in total. The van der Waals surface area contributed by atoms with Crippen LogP contribution in [-0.2, 0) is 4.79 Å². The standard InChI is InChI=1S/C23H24O/c1-3-10-21(19-13-8-5-9-14-19)23-20(15-16-22(23)24)17(2)18-11-6-4-7-12-18/h4-14,20,23H,2-3,15-16H2,1H3/b21-10-/t20-,23+/m1/s1. The molecule has 1 heteroatoms. The molecule has 0 radical (unpaired) electrons. The van der Waals surface area contributed by atoms with Gasteiger partial charge in [-0.25, -0.2) is 0 Å². The number of carbonyl (C=O) groups is 1. The van der Waals surface area contributed by atoms with Crippen molar-refractivity contribution in [1.29, 1.82) is 0 Å². The van der Waals surface area contributed by atoms with Crippen molar-refractivity contribution < 1.29 is 4.79 Å².